The number of fused-ring (bicyclic) bond motifs is 14. The molecule has 2 atom stereocenters. The van der Waals surface area contributed by atoms with Gasteiger partial charge in [0.05, 0.1) is 16.7 Å². The molecular weight excluding hydrogens is 544 g/mol. The monoisotopic (exact) mass is 578 g/mol. The van der Waals surface area contributed by atoms with Gasteiger partial charge in [-0.3, -0.25) is 4.57 Å². The molecule has 10 rings (SSSR count). The van der Waals surface area contributed by atoms with Crippen molar-refractivity contribution in [3.8, 4) is 22.3 Å². The molecule has 1 aromatic heterocycles. The van der Waals surface area contributed by atoms with E-state index >= 15 is 0 Å². The van der Waals surface area contributed by atoms with Crippen LogP contribution in [0.15, 0.2) is 120 Å². The molecule has 2 heterocycles. The van der Waals surface area contributed by atoms with Crippen molar-refractivity contribution in [2.75, 3.05) is 0 Å². The summed E-state index contributed by atoms with van der Waals surface area (Å²) in [5.74, 6) is 2.06. The Morgan fingerprint density at radius 2 is 1.31 bits per heavy atom. The molecule has 0 saturated heterocycles. The van der Waals surface area contributed by atoms with E-state index < -0.39 is 0 Å². The molecule has 0 fully saturated rings. The van der Waals surface area contributed by atoms with Crippen LogP contribution in [0.3, 0.4) is 0 Å². The topological polar surface area (TPSA) is 17.3 Å². The van der Waals surface area contributed by atoms with Gasteiger partial charge in [0.2, 0.25) is 0 Å². The molecule has 45 heavy (non-hydrogen) atoms. The highest BCUT2D eigenvalue weighted by atomic mass is 15.1. The van der Waals surface area contributed by atoms with Gasteiger partial charge in [0.15, 0.2) is 0 Å². The second kappa shape index (κ2) is 9.52. The molecule has 1 aliphatic heterocycles. The van der Waals surface area contributed by atoms with E-state index in [1.807, 2.05) is 0 Å². The lowest BCUT2D eigenvalue weighted by Crippen LogP contribution is -2.15. The van der Waals surface area contributed by atoms with E-state index in [4.69, 9.17) is 4.99 Å². The number of benzene rings is 6. The third-order valence-corrected chi connectivity index (χ3v) is 11.0. The molecule has 0 N–H and O–H groups in total. The van der Waals surface area contributed by atoms with Crippen LogP contribution in [0.5, 0.6) is 0 Å². The lowest BCUT2D eigenvalue weighted by Gasteiger charge is -2.25. The Hall–Kier alpha value is -4.95. The molecule has 2 unspecified atom stereocenters. The fourth-order valence-electron chi connectivity index (χ4n) is 8.88. The van der Waals surface area contributed by atoms with Crippen molar-refractivity contribution in [3.05, 3.63) is 138 Å². The van der Waals surface area contributed by atoms with Gasteiger partial charge < -0.3 is 0 Å². The summed E-state index contributed by atoms with van der Waals surface area (Å²) in [6.45, 7) is 2.36. The number of nitrogens with zero attached hydrogens (tertiary/aromatic N) is 2. The normalized spacial score (nSPS) is 18.5. The van der Waals surface area contributed by atoms with Crippen molar-refractivity contribution in [1.29, 1.82) is 0 Å². The summed E-state index contributed by atoms with van der Waals surface area (Å²) in [5, 5.41) is 5.21. The van der Waals surface area contributed by atoms with Crippen LogP contribution in [-0.4, -0.2) is 10.4 Å². The zero-order chi connectivity index (χ0) is 29.6. The summed E-state index contributed by atoms with van der Waals surface area (Å²) >= 11 is 0. The number of aliphatic imine (C=N–C) groups is 1. The first-order valence-electron chi connectivity index (χ1n) is 16.6. The summed E-state index contributed by atoms with van der Waals surface area (Å²) in [6, 6.07) is 43.5. The van der Waals surface area contributed by atoms with Crippen LogP contribution in [0.25, 0.3) is 54.8 Å². The van der Waals surface area contributed by atoms with E-state index in [0.29, 0.717) is 11.8 Å². The minimum absolute atomic E-state index is 0.393. The quantitative estimate of drug-likeness (QED) is 0.170. The summed E-state index contributed by atoms with van der Waals surface area (Å²) in [6.07, 6.45) is 5.45. The van der Waals surface area contributed by atoms with Crippen LogP contribution in [0.1, 0.15) is 66.7 Å². The minimum Gasteiger partial charge on any atom is -0.297 e. The molecule has 0 amide bonds. The largest absolute Gasteiger partial charge is 0.297 e. The molecule has 2 nitrogen and oxygen atoms in total. The third-order valence-electron chi connectivity index (χ3n) is 11.0. The molecule has 2 bridgehead atoms. The van der Waals surface area contributed by atoms with Crippen LogP contribution in [0, 0.1) is 0 Å². The standard InChI is InChI=1S/C43H34N2/c1-26-11-10-20-41(44-39-19-9-8-14-29(26)39)45-40-24-28-13-3-2-12-27(28)23-37(40)38-25-36-32-17-5-4-15-30(32)33-21-22-35(36)42(43(38)45)34-18-7-6-16-31(33)34/h2-9,12-19,23-26,33H,10-11,20-22H2,1H3. The molecule has 2 heteroatoms. The van der Waals surface area contributed by atoms with Gasteiger partial charge >= 0.3 is 0 Å². The number of rotatable bonds is 0. The molecule has 0 spiro atoms. The van der Waals surface area contributed by atoms with Gasteiger partial charge in [-0.25, -0.2) is 4.99 Å². The van der Waals surface area contributed by atoms with Crippen molar-refractivity contribution >= 4 is 44.1 Å². The number of hydrogen-bond donors (Lipinski definition) is 0. The molecule has 0 saturated carbocycles. The maximum atomic E-state index is 5.57. The Morgan fingerprint density at radius 3 is 2.16 bits per heavy atom. The van der Waals surface area contributed by atoms with E-state index in [1.165, 1.54) is 83.5 Å². The van der Waals surface area contributed by atoms with Gasteiger partial charge in [0.25, 0.3) is 0 Å². The molecular formula is C43H34N2. The zero-order valence-corrected chi connectivity index (χ0v) is 25.6. The van der Waals surface area contributed by atoms with Crippen molar-refractivity contribution in [3.63, 3.8) is 0 Å². The molecule has 7 aromatic rings. The Kier molecular flexibility index (Phi) is 5.37. The number of hydrogen-bond acceptors (Lipinski definition) is 1. The average Bonchev–Trinajstić information content (AvgIpc) is 3.18. The summed E-state index contributed by atoms with van der Waals surface area (Å²) in [4.78, 5) is 5.57. The summed E-state index contributed by atoms with van der Waals surface area (Å²) in [7, 11) is 0. The SMILES string of the molecule is CC1CCCC(n2c3cc4ccccc4cc3c3cc4c5c(c32)-c2ccccc2C(CC5)c2ccccc2-4)=Nc2ccccc21. The Balaban J connectivity index is 1.42. The highest BCUT2D eigenvalue weighted by Crippen LogP contribution is 2.53. The first-order chi connectivity index (χ1) is 22.2. The Morgan fingerprint density at radius 1 is 0.622 bits per heavy atom. The third kappa shape index (κ3) is 3.60. The van der Waals surface area contributed by atoms with Crippen LogP contribution < -0.4 is 0 Å². The highest BCUT2D eigenvalue weighted by molar-refractivity contribution is 6.22. The Bertz CT molecular complexity index is 2390. The second-order valence-electron chi connectivity index (χ2n) is 13.4. The van der Waals surface area contributed by atoms with Crippen LogP contribution >= 0.6 is 0 Å². The van der Waals surface area contributed by atoms with Gasteiger partial charge in [0.1, 0.15) is 5.84 Å². The van der Waals surface area contributed by atoms with E-state index in [0.717, 1.165) is 37.2 Å². The van der Waals surface area contributed by atoms with Gasteiger partial charge in [-0.15, -0.1) is 0 Å². The average molecular weight is 579 g/mol. The van der Waals surface area contributed by atoms with Crippen LogP contribution in [0.4, 0.5) is 5.69 Å². The molecule has 6 aromatic carbocycles. The van der Waals surface area contributed by atoms with Gasteiger partial charge in [-0.2, -0.15) is 0 Å². The van der Waals surface area contributed by atoms with Crippen molar-refractivity contribution in [2.45, 2.75) is 50.9 Å². The van der Waals surface area contributed by atoms with Gasteiger partial charge in [-0.1, -0.05) is 97.9 Å². The van der Waals surface area contributed by atoms with Crippen molar-refractivity contribution < 1.29 is 0 Å². The van der Waals surface area contributed by atoms with E-state index in [-0.39, 0.29) is 0 Å². The van der Waals surface area contributed by atoms with Crippen molar-refractivity contribution in [2.24, 2.45) is 4.99 Å². The first kappa shape index (κ1) is 25.4. The van der Waals surface area contributed by atoms with Gasteiger partial charge in [0, 0.05) is 28.7 Å². The highest BCUT2D eigenvalue weighted by Gasteiger charge is 2.34. The van der Waals surface area contributed by atoms with Crippen LogP contribution in [-0.2, 0) is 6.42 Å². The van der Waals surface area contributed by atoms with E-state index in [2.05, 4.69) is 127 Å². The predicted molar refractivity (Wildman–Crippen MR) is 189 cm³/mol. The smallest absolute Gasteiger partial charge is 0.114 e. The fraction of sp³-hybridized carbons (Fsp3) is 0.186. The second-order valence-corrected chi connectivity index (χ2v) is 13.4. The number of aromatic nitrogens is 1. The van der Waals surface area contributed by atoms with Gasteiger partial charge in [-0.05, 0) is 106 Å². The lowest BCUT2D eigenvalue weighted by atomic mass is 9.80. The van der Waals surface area contributed by atoms with Crippen LogP contribution in [0.2, 0.25) is 0 Å². The Labute approximate surface area is 263 Å². The zero-order valence-electron chi connectivity index (χ0n) is 25.6. The fourth-order valence-corrected chi connectivity index (χ4v) is 8.88. The maximum Gasteiger partial charge on any atom is 0.114 e. The maximum absolute atomic E-state index is 5.57. The summed E-state index contributed by atoms with van der Waals surface area (Å²) < 4.78 is 2.58. The van der Waals surface area contributed by atoms with E-state index in [1.54, 1.807) is 0 Å². The lowest BCUT2D eigenvalue weighted by molar-refractivity contribution is 0.640. The molecule has 216 valence electrons. The first-order valence-corrected chi connectivity index (χ1v) is 16.6. The molecule has 0 radical (unpaired) electrons. The van der Waals surface area contributed by atoms with Crippen molar-refractivity contribution in [1.82, 2.24) is 4.57 Å². The molecule has 2 aliphatic carbocycles. The van der Waals surface area contributed by atoms with E-state index in [9.17, 15) is 0 Å². The predicted octanol–water partition coefficient (Wildman–Crippen LogP) is 11.5. The summed E-state index contributed by atoms with van der Waals surface area (Å²) in [5.41, 5.74) is 15.1. The molecule has 3 aliphatic rings. The minimum atomic E-state index is 0.393. The number of para-hydroxylation sites is 1.